The van der Waals surface area contributed by atoms with Gasteiger partial charge in [-0.05, 0) is 18.6 Å². The molecule has 0 radical (unpaired) electrons. The van der Waals surface area contributed by atoms with Crippen LogP contribution in [0.3, 0.4) is 0 Å². The number of halogens is 1. The van der Waals surface area contributed by atoms with Crippen molar-refractivity contribution in [3.63, 3.8) is 0 Å². The normalized spacial score (nSPS) is 14.4. The molecule has 2 rings (SSSR count). The van der Waals surface area contributed by atoms with Gasteiger partial charge in [0.05, 0.1) is 18.0 Å². The molecule has 2 N–H and O–H groups in total. The Morgan fingerprint density at radius 2 is 2.25 bits per heavy atom. The Hall–Kier alpha value is -1.15. The second kappa shape index (κ2) is 6.53. The molecular formula is C12H14ClN3O3S. The smallest absolute Gasteiger partial charge is 0.185 e. The molecule has 2 heterocycles. The minimum atomic E-state index is -1.14. The predicted octanol–water partition coefficient (Wildman–Crippen LogP) is 1.45. The summed E-state index contributed by atoms with van der Waals surface area (Å²) in [5.74, 6) is 0.443. The molecule has 108 valence electrons. The highest BCUT2D eigenvalue weighted by atomic mass is 35.5. The molecule has 8 heteroatoms. The molecule has 2 atom stereocenters. The third-order valence-electron chi connectivity index (χ3n) is 2.74. The zero-order chi connectivity index (χ0) is 14.7. The average molecular weight is 316 g/mol. The minimum Gasteiger partial charge on any atom is -0.390 e. The number of carbonyl (C=O) groups is 1. The standard InChI is InChI=1S/C12H14ClN3O3S/c1-7(17)20-5-4-9(18)12(19)8-6-14-11-3-2-10(13)15-16(8)11/h2-3,6,9,12,18-19H,4-5H2,1H3. The molecule has 0 bridgehead atoms. The molecule has 20 heavy (non-hydrogen) atoms. The van der Waals surface area contributed by atoms with Crippen LogP contribution in [0.1, 0.15) is 25.1 Å². The van der Waals surface area contributed by atoms with Crippen LogP contribution in [0.5, 0.6) is 0 Å². The molecule has 6 nitrogen and oxygen atoms in total. The lowest BCUT2D eigenvalue weighted by atomic mass is 10.1. The molecule has 0 aromatic carbocycles. The van der Waals surface area contributed by atoms with Crippen LogP contribution in [0.2, 0.25) is 5.15 Å². The van der Waals surface area contributed by atoms with Crippen LogP contribution in [-0.2, 0) is 4.79 Å². The molecule has 0 saturated carbocycles. The SMILES string of the molecule is CC(=O)SCCC(O)C(O)c1cnc2ccc(Cl)nn12. The van der Waals surface area contributed by atoms with Gasteiger partial charge in [-0.15, -0.1) is 0 Å². The highest BCUT2D eigenvalue weighted by molar-refractivity contribution is 8.13. The zero-order valence-corrected chi connectivity index (χ0v) is 12.3. The van der Waals surface area contributed by atoms with E-state index in [0.717, 1.165) is 11.8 Å². The maximum Gasteiger partial charge on any atom is 0.185 e. The highest BCUT2D eigenvalue weighted by Crippen LogP contribution is 2.21. The quantitative estimate of drug-likeness (QED) is 0.868. The summed E-state index contributed by atoms with van der Waals surface area (Å²) in [6.45, 7) is 1.46. The fourth-order valence-corrected chi connectivity index (χ4v) is 2.53. The number of carbonyl (C=O) groups excluding carboxylic acids is 1. The van der Waals surface area contributed by atoms with E-state index in [2.05, 4.69) is 10.1 Å². The van der Waals surface area contributed by atoms with Crippen molar-refractivity contribution in [3.8, 4) is 0 Å². The van der Waals surface area contributed by atoms with E-state index >= 15 is 0 Å². The van der Waals surface area contributed by atoms with E-state index in [9.17, 15) is 15.0 Å². The molecule has 0 fully saturated rings. The summed E-state index contributed by atoms with van der Waals surface area (Å²) >= 11 is 6.92. The van der Waals surface area contributed by atoms with Gasteiger partial charge in [0.25, 0.3) is 0 Å². The highest BCUT2D eigenvalue weighted by Gasteiger charge is 2.22. The third-order valence-corrected chi connectivity index (χ3v) is 3.79. The van der Waals surface area contributed by atoms with E-state index in [1.165, 1.54) is 17.6 Å². The number of hydrogen-bond donors (Lipinski definition) is 2. The number of hydrogen-bond acceptors (Lipinski definition) is 6. The van der Waals surface area contributed by atoms with E-state index in [1.54, 1.807) is 12.1 Å². The Labute approximate surface area is 124 Å². The van der Waals surface area contributed by atoms with Crippen molar-refractivity contribution in [2.24, 2.45) is 0 Å². The molecule has 0 spiro atoms. The summed E-state index contributed by atoms with van der Waals surface area (Å²) < 4.78 is 1.40. The van der Waals surface area contributed by atoms with Crippen molar-refractivity contribution in [2.45, 2.75) is 25.6 Å². The first kappa shape index (κ1) is 15.2. The van der Waals surface area contributed by atoms with Crippen molar-refractivity contribution >= 4 is 34.1 Å². The number of aliphatic hydroxyl groups is 2. The summed E-state index contributed by atoms with van der Waals surface area (Å²) in [4.78, 5) is 14.9. The summed E-state index contributed by atoms with van der Waals surface area (Å²) in [6, 6.07) is 3.27. The van der Waals surface area contributed by atoms with Gasteiger partial charge in [0.15, 0.2) is 10.8 Å². The van der Waals surface area contributed by atoms with Gasteiger partial charge in [-0.1, -0.05) is 23.4 Å². The van der Waals surface area contributed by atoms with E-state index in [1.807, 2.05) is 0 Å². The Bertz CT molecular complexity index is 619. The van der Waals surface area contributed by atoms with E-state index < -0.39 is 12.2 Å². The van der Waals surface area contributed by atoms with E-state index in [0.29, 0.717) is 23.5 Å². The number of imidazole rings is 1. The first-order valence-corrected chi connectivity index (χ1v) is 7.35. The molecule has 2 unspecified atom stereocenters. The monoisotopic (exact) mass is 315 g/mol. The maximum absolute atomic E-state index is 10.8. The maximum atomic E-state index is 10.8. The first-order valence-electron chi connectivity index (χ1n) is 5.98. The van der Waals surface area contributed by atoms with Crippen LogP contribution in [0.15, 0.2) is 18.3 Å². The van der Waals surface area contributed by atoms with Gasteiger partial charge in [0.1, 0.15) is 11.3 Å². The van der Waals surface area contributed by atoms with Crippen molar-refractivity contribution < 1.29 is 15.0 Å². The number of aromatic nitrogens is 3. The van der Waals surface area contributed by atoms with Gasteiger partial charge in [-0.3, -0.25) is 4.79 Å². The number of rotatable bonds is 5. The molecule has 0 aliphatic rings. The summed E-state index contributed by atoms with van der Waals surface area (Å²) in [6.07, 6.45) is -0.393. The molecule has 0 aliphatic heterocycles. The van der Waals surface area contributed by atoms with Crippen LogP contribution in [0, 0.1) is 0 Å². The van der Waals surface area contributed by atoms with Gasteiger partial charge >= 0.3 is 0 Å². The van der Waals surface area contributed by atoms with Crippen molar-refractivity contribution in [2.75, 3.05) is 5.75 Å². The third kappa shape index (κ3) is 3.49. The van der Waals surface area contributed by atoms with Gasteiger partial charge in [-0.2, -0.15) is 5.10 Å². The predicted molar refractivity (Wildman–Crippen MR) is 76.7 cm³/mol. The molecule has 2 aromatic rings. The average Bonchev–Trinajstić information content (AvgIpc) is 2.80. The lowest BCUT2D eigenvalue weighted by molar-refractivity contribution is -0.109. The fourth-order valence-electron chi connectivity index (χ4n) is 1.75. The van der Waals surface area contributed by atoms with Gasteiger partial charge in [0.2, 0.25) is 0 Å². The number of fused-ring (bicyclic) bond motifs is 1. The second-order valence-corrected chi connectivity index (χ2v) is 5.91. The van der Waals surface area contributed by atoms with Crippen molar-refractivity contribution in [1.82, 2.24) is 14.6 Å². The van der Waals surface area contributed by atoms with Crippen LogP contribution < -0.4 is 0 Å². The molecule has 0 saturated heterocycles. The van der Waals surface area contributed by atoms with Crippen molar-refractivity contribution in [1.29, 1.82) is 0 Å². The lowest BCUT2D eigenvalue weighted by Crippen LogP contribution is -2.21. The van der Waals surface area contributed by atoms with Crippen LogP contribution in [0.4, 0.5) is 0 Å². The Morgan fingerprint density at radius 3 is 2.95 bits per heavy atom. The summed E-state index contributed by atoms with van der Waals surface area (Å²) in [7, 11) is 0. The number of nitrogens with zero attached hydrogens (tertiary/aromatic N) is 3. The second-order valence-electron chi connectivity index (χ2n) is 4.25. The first-order chi connectivity index (χ1) is 9.49. The van der Waals surface area contributed by atoms with Gasteiger partial charge < -0.3 is 10.2 Å². The molecule has 0 aliphatic carbocycles. The molecule has 0 amide bonds. The lowest BCUT2D eigenvalue weighted by Gasteiger charge is -2.16. The van der Waals surface area contributed by atoms with Crippen LogP contribution in [0.25, 0.3) is 5.65 Å². The van der Waals surface area contributed by atoms with Gasteiger partial charge in [-0.25, -0.2) is 9.50 Å². The van der Waals surface area contributed by atoms with E-state index in [4.69, 9.17) is 11.6 Å². The van der Waals surface area contributed by atoms with Crippen LogP contribution in [-0.4, -0.2) is 41.8 Å². The minimum absolute atomic E-state index is 0.0186. The molecule has 2 aromatic heterocycles. The topological polar surface area (TPSA) is 87.7 Å². The van der Waals surface area contributed by atoms with Crippen molar-refractivity contribution in [3.05, 3.63) is 29.2 Å². The largest absolute Gasteiger partial charge is 0.390 e. The van der Waals surface area contributed by atoms with Gasteiger partial charge in [0, 0.05) is 12.7 Å². The number of thioether (sulfide) groups is 1. The van der Waals surface area contributed by atoms with Crippen LogP contribution >= 0.6 is 23.4 Å². The zero-order valence-electron chi connectivity index (χ0n) is 10.7. The van der Waals surface area contributed by atoms with E-state index in [-0.39, 0.29) is 10.3 Å². The summed E-state index contributed by atoms with van der Waals surface area (Å²) in [5, 5.41) is 24.4. The Balaban J connectivity index is 2.12. The Kier molecular flexibility index (Phi) is 4.98. The fraction of sp³-hybridized carbons (Fsp3) is 0.417. The Morgan fingerprint density at radius 1 is 1.50 bits per heavy atom. The number of aliphatic hydroxyl groups excluding tert-OH is 2. The summed E-state index contributed by atoms with van der Waals surface area (Å²) in [5.41, 5.74) is 0.900. The molecular weight excluding hydrogens is 302 g/mol.